The first-order chi connectivity index (χ1) is 14.0. The monoisotopic (exact) mass is 418 g/mol. The van der Waals surface area contributed by atoms with Crippen LogP contribution in [0.15, 0.2) is 36.4 Å². The predicted molar refractivity (Wildman–Crippen MR) is 114 cm³/mol. The molecule has 2 aromatic rings. The van der Waals surface area contributed by atoms with Gasteiger partial charge < -0.3 is 24.8 Å². The summed E-state index contributed by atoms with van der Waals surface area (Å²) in [5.74, 6) is 0.583. The van der Waals surface area contributed by atoms with Crippen LogP contribution in [0.25, 0.3) is 0 Å². The van der Waals surface area contributed by atoms with Crippen LogP contribution in [0, 0.1) is 6.92 Å². The molecule has 0 saturated carbocycles. The Morgan fingerprint density at radius 2 is 2.07 bits per heavy atom. The summed E-state index contributed by atoms with van der Waals surface area (Å²) in [5, 5.41) is 6.58. The third-order valence-electron chi connectivity index (χ3n) is 4.70. The molecule has 1 amide bonds. The Labute approximate surface area is 176 Å². The number of anilines is 1. The molecule has 3 rings (SSSR count). The van der Waals surface area contributed by atoms with E-state index in [0.717, 1.165) is 42.8 Å². The van der Waals surface area contributed by atoms with Crippen molar-refractivity contribution in [3.63, 3.8) is 0 Å². The van der Waals surface area contributed by atoms with E-state index in [1.807, 2.05) is 43.3 Å². The first-order valence-corrected chi connectivity index (χ1v) is 10.1. The van der Waals surface area contributed by atoms with Gasteiger partial charge in [-0.15, -0.1) is 0 Å². The fourth-order valence-corrected chi connectivity index (χ4v) is 3.46. The molecular formula is C22H27ClN2O4. The van der Waals surface area contributed by atoms with E-state index < -0.39 is 0 Å². The number of aryl methyl sites for hydroxylation is 1. The molecule has 2 aromatic carbocycles. The van der Waals surface area contributed by atoms with Crippen molar-refractivity contribution in [3.8, 4) is 11.5 Å². The van der Waals surface area contributed by atoms with Gasteiger partial charge in [-0.2, -0.15) is 0 Å². The molecule has 1 saturated heterocycles. The predicted octanol–water partition coefficient (Wildman–Crippen LogP) is 3.94. The molecule has 156 valence electrons. The quantitative estimate of drug-likeness (QED) is 0.645. The lowest BCUT2D eigenvalue weighted by Crippen LogP contribution is -2.25. The summed E-state index contributed by atoms with van der Waals surface area (Å²) in [6.07, 6.45) is 2.49. The summed E-state index contributed by atoms with van der Waals surface area (Å²) < 4.78 is 16.7. The zero-order chi connectivity index (χ0) is 20.6. The number of hydrogen-bond donors (Lipinski definition) is 2. The number of halogens is 1. The van der Waals surface area contributed by atoms with Gasteiger partial charge in [0.05, 0.1) is 18.2 Å². The van der Waals surface area contributed by atoms with Gasteiger partial charge in [0.25, 0.3) is 5.91 Å². The van der Waals surface area contributed by atoms with Crippen LogP contribution in [0.4, 0.5) is 5.69 Å². The molecule has 1 heterocycles. The van der Waals surface area contributed by atoms with Crippen LogP contribution in [0.2, 0.25) is 5.02 Å². The number of rotatable bonds is 9. The van der Waals surface area contributed by atoms with Gasteiger partial charge in [-0.3, -0.25) is 4.79 Å². The van der Waals surface area contributed by atoms with Crippen molar-refractivity contribution in [1.82, 2.24) is 5.32 Å². The lowest BCUT2D eigenvalue weighted by Gasteiger charge is -2.15. The molecule has 0 radical (unpaired) electrons. The maximum absolute atomic E-state index is 12.2. The second-order valence-electron chi connectivity index (χ2n) is 7.08. The van der Waals surface area contributed by atoms with E-state index in [2.05, 4.69) is 10.6 Å². The number of amides is 1. The summed E-state index contributed by atoms with van der Waals surface area (Å²) in [4.78, 5) is 12.2. The number of ether oxygens (including phenoxy) is 3. The van der Waals surface area contributed by atoms with E-state index in [1.165, 1.54) is 0 Å². The van der Waals surface area contributed by atoms with Crippen LogP contribution >= 0.6 is 11.6 Å². The first-order valence-electron chi connectivity index (χ1n) is 9.73. The summed E-state index contributed by atoms with van der Waals surface area (Å²) in [6.45, 7) is 4.11. The van der Waals surface area contributed by atoms with Crippen molar-refractivity contribution in [2.45, 2.75) is 32.4 Å². The highest BCUT2D eigenvalue weighted by Crippen LogP contribution is 2.36. The minimum atomic E-state index is -0.269. The van der Waals surface area contributed by atoms with E-state index >= 15 is 0 Å². The third kappa shape index (κ3) is 6.35. The zero-order valence-electron chi connectivity index (χ0n) is 16.8. The fraction of sp³-hybridized carbons (Fsp3) is 0.409. The number of methoxy groups -OCH3 is 1. The fourth-order valence-electron chi connectivity index (χ4n) is 3.17. The van der Waals surface area contributed by atoms with E-state index in [-0.39, 0.29) is 18.6 Å². The summed E-state index contributed by atoms with van der Waals surface area (Å²) in [5.41, 5.74) is 2.82. The molecule has 6 nitrogen and oxygen atoms in total. The standard InChI is InChI=1S/C22H27ClN2O4/c1-15-5-7-17(8-6-15)25-21(26)14-29-22-19(23)10-16(11-20(22)27-2)12-24-13-18-4-3-9-28-18/h5-8,10-11,18,24H,3-4,9,12-14H2,1-2H3,(H,25,26)/t18-/m0/s1. The molecule has 2 N–H and O–H groups in total. The number of benzene rings is 2. The second kappa shape index (κ2) is 10.5. The van der Waals surface area contributed by atoms with Gasteiger partial charge in [-0.25, -0.2) is 0 Å². The molecule has 29 heavy (non-hydrogen) atoms. The van der Waals surface area contributed by atoms with Crippen LogP contribution in [-0.2, 0) is 16.1 Å². The van der Waals surface area contributed by atoms with Gasteiger partial charge in [-0.05, 0) is 49.6 Å². The SMILES string of the molecule is COc1cc(CNC[C@@H]2CCCO2)cc(Cl)c1OCC(=O)Nc1ccc(C)cc1. The Morgan fingerprint density at radius 1 is 1.28 bits per heavy atom. The van der Waals surface area contributed by atoms with E-state index in [4.69, 9.17) is 25.8 Å². The lowest BCUT2D eigenvalue weighted by molar-refractivity contribution is -0.118. The van der Waals surface area contributed by atoms with Crippen LogP contribution < -0.4 is 20.1 Å². The van der Waals surface area contributed by atoms with E-state index in [9.17, 15) is 4.79 Å². The average molecular weight is 419 g/mol. The molecule has 0 spiro atoms. The average Bonchev–Trinajstić information content (AvgIpc) is 3.22. The van der Waals surface area contributed by atoms with Crippen molar-refractivity contribution in [2.75, 3.05) is 32.2 Å². The van der Waals surface area contributed by atoms with Gasteiger partial charge in [0, 0.05) is 25.4 Å². The van der Waals surface area contributed by atoms with Crippen molar-refractivity contribution in [1.29, 1.82) is 0 Å². The number of hydrogen-bond acceptors (Lipinski definition) is 5. The highest BCUT2D eigenvalue weighted by molar-refractivity contribution is 6.32. The molecular weight excluding hydrogens is 392 g/mol. The Hall–Kier alpha value is -2.28. The molecule has 0 aromatic heterocycles. The van der Waals surface area contributed by atoms with Crippen LogP contribution in [0.5, 0.6) is 11.5 Å². The minimum Gasteiger partial charge on any atom is -0.493 e. The van der Waals surface area contributed by atoms with E-state index in [1.54, 1.807) is 7.11 Å². The van der Waals surface area contributed by atoms with Crippen LogP contribution in [-0.4, -0.2) is 38.9 Å². The van der Waals surface area contributed by atoms with Gasteiger partial charge in [-0.1, -0.05) is 29.3 Å². The van der Waals surface area contributed by atoms with Crippen LogP contribution in [0.3, 0.4) is 0 Å². The second-order valence-corrected chi connectivity index (χ2v) is 7.49. The first kappa shape index (κ1) is 21.4. The normalized spacial score (nSPS) is 15.9. The molecule has 7 heteroatoms. The maximum atomic E-state index is 12.2. The number of carbonyl (C=O) groups is 1. The third-order valence-corrected chi connectivity index (χ3v) is 4.98. The summed E-state index contributed by atoms with van der Waals surface area (Å²) >= 11 is 6.39. The Balaban J connectivity index is 1.55. The van der Waals surface area contributed by atoms with Gasteiger partial charge in [0.2, 0.25) is 0 Å². The molecule has 1 fully saturated rings. The Kier molecular flexibility index (Phi) is 7.75. The van der Waals surface area contributed by atoms with Crippen molar-refractivity contribution >= 4 is 23.2 Å². The van der Waals surface area contributed by atoms with Crippen molar-refractivity contribution in [3.05, 3.63) is 52.5 Å². The number of carbonyl (C=O) groups excluding carboxylic acids is 1. The maximum Gasteiger partial charge on any atom is 0.262 e. The molecule has 0 unspecified atom stereocenters. The molecule has 0 bridgehead atoms. The smallest absolute Gasteiger partial charge is 0.262 e. The van der Waals surface area contributed by atoms with Crippen LogP contribution in [0.1, 0.15) is 24.0 Å². The summed E-state index contributed by atoms with van der Waals surface area (Å²) in [6, 6.07) is 11.2. The van der Waals surface area contributed by atoms with E-state index in [0.29, 0.717) is 23.1 Å². The molecule has 1 aliphatic rings. The topological polar surface area (TPSA) is 68.8 Å². The number of nitrogens with one attached hydrogen (secondary N) is 2. The lowest BCUT2D eigenvalue weighted by atomic mass is 10.2. The largest absolute Gasteiger partial charge is 0.493 e. The zero-order valence-corrected chi connectivity index (χ0v) is 17.6. The van der Waals surface area contributed by atoms with Gasteiger partial charge in [0.1, 0.15) is 0 Å². The Bertz CT molecular complexity index is 820. The van der Waals surface area contributed by atoms with Gasteiger partial charge >= 0.3 is 0 Å². The highest BCUT2D eigenvalue weighted by atomic mass is 35.5. The highest BCUT2D eigenvalue weighted by Gasteiger charge is 2.16. The Morgan fingerprint density at radius 3 is 2.76 bits per heavy atom. The van der Waals surface area contributed by atoms with Crippen molar-refractivity contribution in [2.24, 2.45) is 0 Å². The van der Waals surface area contributed by atoms with Gasteiger partial charge in [0.15, 0.2) is 18.1 Å². The van der Waals surface area contributed by atoms with Crippen molar-refractivity contribution < 1.29 is 19.0 Å². The molecule has 0 aliphatic carbocycles. The molecule has 1 atom stereocenters. The summed E-state index contributed by atoms with van der Waals surface area (Å²) in [7, 11) is 1.55. The molecule has 1 aliphatic heterocycles. The minimum absolute atomic E-state index is 0.166.